The zero-order chi connectivity index (χ0) is 57.3. The van der Waals surface area contributed by atoms with Gasteiger partial charge >= 0.3 is 148 Å². The zero-order valence-electron chi connectivity index (χ0n) is 43.6. The molecule has 0 spiro atoms. The van der Waals surface area contributed by atoms with Crippen LogP contribution in [0.3, 0.4) is 0 Å². The van der Waals surface area contributed by atoms with Crippen LogP contribution in [0.25, 0.3) is 16.8 Å². The van der Waals surface area contributed by atoms with Crippen molar-refractivity contribution in [2.24, 2.45) is 25.4 Å². The second kappa shape index (κ2) is 27.6. The van der Waals surface area contributed by atoms with Gasteiger partial charge in [-0.1, -0.05) is 35.8 Å². The molecular formula is C46H25N8Na5O20S5. The summed E-state index contributed by atoms with van der Waals surface area (Å²) in [6.45, 7) is 0. The molecule has 0 radical (unpaired) electrons. The number of nitro benzene ring substituents is 1. The van der Waals surface area contributed by atoms with Gasteiger partial charge in [-0.15, -0.1) is 10.2 Å². The van der Waals surface area contributed by atoms with E-state index in [-0.39, 0.29) is 220 Å². The van der Waals surface area contributed by atoms with Crippen molar-refractivity contribution in [3.8, 4) is 5.75 Å². The minimum atomic E-state index is -5.57. The summed E-state index contributed by atoms with van der Waals surface area (Å²) in [6.07, 6.45) is 7.70. The van der Waals surface area contributed by atoms with E-state index in [1.54, 1.807) is 0 Å². The Balaban J connectivity index is 0.00000303. The number of fused-ring (bicyclic) bond motifs is 4. The van der Waals surface area contributed by atoms with Gasteiger partial charge in [0.2, 0.25) is 5.78 Å². The van der Waals surface area contributed by atoms with Crippen LogP contribution in [0.15, 0.2) is 188 Å². The molecule has 84 heavy (non-hydrogen) atoms. The van der Waals surface area contributed by atoms with Crippen molar-refractivity contribution in [1.82, 2.24) is 0 Å². The Morgan fingerprint density at radius 2 is 1.23 bits per heavy atom. The summed E-state index contributed by atoms with van der Waals surface area (Å²) in [6, 6.07) is 14.0. The normalized spacial score (nSPS) is 17.3. The van der Waals surface area contributed by atoms with E-state index in [1.165, 1.54) is 60.7 Å². The molecule has 4 aliphatic rings. The first kappa shape index (κ1) is 72.4. The number of Topliss-reactive ketones (excluding diaryl/α,β-unsaturated/α-hetero) is 1. The smallest absolute Gasteiger partial charge is 0.872 e. The maximum atomic E-state index is 13.9. The number of hydrazone groups is 2. The molecule has 38 heteroatoms. The number of aliphatic imine (C=N–C) groups is 1. The van der Waals surface area contributed by atoms with E-state index >= 15 is 0 Å². The number of ketones is 1. The van der Waals surface area contributed by atoms with Crippen molar-refractivity contribution in [3.05, 3.63) is 180 Å². The number of allylic oxidation sites excluding steroid dienone is 10. The molecule has 0 amide bonds. The van der Waals surface area contributed by atoms with Crippen LogP contribution in [0.5, 0.6) is 5.75 Å². The van der Waals surface area contributed by atoms with Crippen LogP contribution in [-0.2, 0) is 50.6 Å². The first-order valence-electron chi connectivity index (χ1n) is 21.4. The summed E-state index contributed by atoms with van der Waals surface area (Å²) in [5.41, 5.74) is 0.377. The minimum absolute atomic E-state index is 0. The number of nitro groups is 1. The summed E-state index contributed by atoms with van der Waals surface area (Å²) in [7, 11) is -26.0. The van der Waals surface area contributed by atoms with Gasteiger partial charge in [0.15, 0.2) is 5.71 Å². The second-order valence-corrected chi connectivity index (χ2v) is 23.5. The zero-order valence-corrected chi connectivity index (χ0v) is 57.7. The van der Waals surface area contributed by atoms with Crippen molar-refractivity contribution >= 4 is 125 Å². The van der Waals surface area contributed by atoms with Crippen LogP contribution in [0.2, 0.25) is 0 Å². The number of benzene rings is 5. The number of hydrogen-bond acceptors (Lipinski definition) is 25. The molecule has 0 saturated carbocycles. The fourth-order valence-electron chi connectivity index (χ4n) is 7.96. The van der Waals surface area contributed by atoms with Crippen molar-refractivity contribution in [1.29, 1.82) is 0 Å². The van der Waals surface area contributed by atoms with E-state index in [9.17, 15) is 90.0 Å². The summed E-state index contributed by atoms with van der Waals surface area (Å²) >= 11 is 0. The number of hydrogen-bond donors (Lipinski definition) is 4. The summed E-state index contributed by atoms with van der Waals surface area (Å²) in [5, 5.41) is 53.0. The summed E-state index contributed by atoms with van der Waals surface area (Å²) in [4.78, 5) is 23.9. The number of carbonyl (C=O) groups excluding carboxylic acids is 1. The van der Waals surface area contributed by atoms with Gasteiger partial charge in [-0.2, -0.15) is 27.0 Å². The number of nitrogens with one attached hydrogen (secondary N) is 2. The molecule has 5 aromatic rings. The van der Waals surface area contributed by atoms with E-state index in [0.29, 0.717) is 12.1 Å². The second-order valence-electron chi connectivity index (χ2n) is 16.6. The molecule has 0 aliphatic heterocycles. The molecule has 404 valence electrons. The Morgan fingerprint density at radius 3 is 1.86 bits per heavy atom. The van der Waals surface area contributed by atoms with Crippen molar-refractivity contribution in [2.45, 2.75) is 14.7 Å². The van der Waals surface area contributed by atoms with Crippen LogP contribution in [0.4, 0.5) is 22.7 Å². The summed E-state index contributed by atoms with van der Waals surface area (Å²) in [5.74, 6) is -2.97. The van der Waals surface area contributed by atoms with Crippen LogP contribution >= 0.6 is 0 Å². The molecule has 4 N–H and O–H groups in total. The molecule has 4 aliphatic carbocycles. The van der Waals surface area contributed by atoms with Crippen LogP contribution < -0.4 is 169 Å². The van der Waals surface area contributed by atoms with E-state index in [0.717, 1.165) is 54.6 Å². The molecule has 9 rings (SSSR count). The maximum Gasteiger partial charge on any atom is 1.00 e. The van der Waals surface area contributed by atoms with Crippen LogP contribution in [-0.4, -0.2) is 104 Å². The third kappa shape index (κ3) is 15.8. The van der Waals surface area contributed by atoms with Gasteiger partial charge in [0.1, 0.15) is 40.2 Å². The third-order valence-corrected chi connectivity index (χ3v) is 15.8. The van der Waals surface area contributed by atoms with Crippen molar-refractivity contribution < 1.29 is 233 Å². The van der Waals surface area contributed by atoms with Gasteiger partial charge in [0.25, 0.3) is 25.9 Å². The molecule has 0 unspecified atom stereocenters. The minimum Gasteiger partial charge on any atom is -0.872 e. The predicted octanol–water partition coefficient (Wildman–Crippen LogP) is -12.4. The summed E-state index contributed by atoms with van der Waals surface area (Å²) < 4.78 is 178. The van der Waals surface area contributed by atoms with Gasteiger partial charge in [-0.05, 0) is 119 Å². The van der Waals surface area contributed by atoms with E-state index < -0.39 is 120 Å². The van der Waals surface area contributed by atoms with Crippen molar-refractivity contribution in [2.75, 3.05) is 10.9 Å². The standard InChI is InChI=1S/C46H30N8O20S5.5Na/c55-39-21-30(76(63,64)65)16-22-15-27(3-6-31(22)39)48-52-43-41(78(69,70)71)17-23-13-25(1-7-32(23)45(43)56)47-26-2-8-33-24(14-26)18-42(79(72,73)74)44(46(33)57)53-50-37-12-11-36(34-9-5-29(20-35(34)37)75(60,61)62)49-51-38-10-4-28(54(58)59)19-40(38)77(66,67)68;;;;;/h1-21,48,51,55-56H,(H,60,61,62)(H,63,64,65)(H,66,67,68)(H,69,70,71)(H,72,73,74);;;;;/q;5*+1/p-5. The van der Waals surface area contributed by atoms with Crippen molar-refractivity contribution in [3.63, 3.8) is 0 Å². The third-order valence-electron chi connectivity index (χ3n) is 11.5. The fraction of sp³-hybridized carbons (Fsp3) is 0. The maximum absolute atomic E-state index is 13.9. The average molecular weight is 1290 g/mol. The number of nitrogens with zero attached hydrogens (tertiary/aromatic N) is 6. The number of non-ortho nitro benzene ring substituents is 1. The van der Waals surface area contributed by atoms with Gasteiger partial charge in [0.05, 0.1) is 59.5 Å². The molecule has 28 nitrogen and oxygen atoms in total. The van der Waals surface area contributed by atoms with Crippen LogP contribution in [0, 0.1) is 10.1 Å². The Hall–Kier alpha value is -4.03. The molecule has 0 atom stereocenters. The Labute approximate surface area is 586 Å². The molecule has 5 aromatic carbocycles. The van der Waals surface area contributed by atoms with Gasteiger partial charge in [-0.25, -0.2) is 30.2 Å². The van der Waals surface area contributed by atoms with Gasteiger partial charge in [-0.3, -0.25) is 34.9 Å². The first-order valence-corrected chi connectivity index (χ1v) is 28.5. The van der Waals surface area contributed by atoms with E-state index in [4.69, 9.17) is 0 Å². The SMILES string of the molecule is O=C1C(=NN=C2C=CC(=NNc3ccc([N+](=O)[O-])cc3S(=O)(=O)O)c3ccc(S(=O)(=O)[O-])cc32)C(S(=O)(=O)[O-])=Cc2cc(N=C3C=CC4=C([O-])C(=NNc5ccc6c([O-])cc(S(=O)(=O)[O-])cc6c5)C(S(=O)(=O)O)=CC4=C3)ccc21.[Na+].[Na+].[Na+].[Na+].[Na+]. The molecular weight excluding hydrogens is 1260 g/mol. The molecule has 0 aromatic heterocycles. The Bertz CT molecular complexity index is 4660. The van der Waals surface area contributed by atoms with Gasteiger partial charge in [0, 0.05) is 28.8 Å². The molecule has 0 fully saturated rings. The largest absolute Gasteiger partial charge is 1.00 e. The van der Waals surface area contributed by atoms with Crippen LogP contribution in [0.1, 0.15) is 27.0 Å². The van der Waals surface area contributed by atoms with E-state index in [1.807, 2.05) is 0 Å². The number of carbonyl (C=O) groups is 1. The molecule has 0 saturated heterocycles. The van der Waals surface area contributed by atoms with E-state index in [2.05, 4.69) is 36.2 Å². The topological polar surface area (TPSA) is 473 Å². The Morgan fingerprint density at radius 1 is 0.560 bits per heavy atom. The molecule has 0 heterocycles. The molecule has 0 bridgehead atoms. The first-order chi connectivity index (χ1) is 36.8. The monoisotopic (exact) mass is 1280 g/mol. The Kier molecular flexibility index (Phi) is 23.8. The fourth-order valence-corrected chi connectivity index (χ4v) is 10.9. The predicted molar refractivity (Wildman–Crippen MR) is 272 cm³/mol. The quantitative estimate of drug-likeness (QED) is 0.0390. The number of anilines is 2. The van der Waals surface area contributed by atoms with Gasteiger partial charge < -0.3 is 23.9 Å². The average Bonchev–Trinajstić information content (AvgIpc) is 3.40. The number of rotatable bonds is 12.